The lowest BCUT2D eigenvalue weighted by Crippen LogP contribution is -2.39. The summed E-state index contributed by atoms with van der Waals surface area (Å²) < 4.78 is 0. The first-order valence-electron chi connectivity index (χ1n) is 8.13. The van der Waals surface area contributed by atoms with Gasteiger partial charge < -0.3 is 10.6 Å². The molecule has 1 saturated carbocycles. The Hall–Kier alpha value is -0.370. The molecule has 0 atom stereocenters. The van der Waals surface area contributed by atoms with Gasteiger partial charge in [-0.1, -0.05) is 32.1 Å². The van der Waals surface area contributed by atoms with Gasteiger partial charge in [0.1, 0.15) is 0 Å². The van der Waals surface area contributed by atoms with Crippen LogP contribution in [0.25, 0.3) is 0 Å². The molecule has 0 unspecified atom stereocenters. The second kappa shape index (κ2) is 11.2. The number of rotatable bonds is 6. The fraction of sp³-hybridized carbons (Fsp3) is 0.750. The Morgan fingerprint density at radius 2 is 2.00 bits per heavy atom. The van der Waals surface area contributed by atoms with E-state index in [1.54, 1.807) is 11.3 Å². The highest BCUT2D eigenvalue weighted by Gasteiger charge is 2.12. The number of nitrogens with one attached hydrogen (secondary N) is 2. The lowest BCUT2D eigenvalue weighted by molar-refractivity contribution is 0.339. The van der Waals surface area contributed by atoms with E-state index >= 15 is 0 Å². The van der Waals surface area contributed by atoms with Gasteiger partial charge in [0.05, 0.1) is 10.7 Å². The van der Waals surface area contributed by atoms with Crippen LogP contribution < -0.4 is 10.6 Å². The predicted molar refractivity (Wildman–Crippen MR) is 107 cm³/mol. The molecule has 0 spiro atoms. The van der Waals surface area contributed by atoms with E-state index in [-0.39, 0.29) is 24.0 Å². The first kappa shape index (κ1) is 19.7. The molecule has 1 aliphatic rings. The average molecular weight is 436 g/mol. The number of aliphatic imine (C=N–C) groups is 1. The van der Waals surface area contributed by atoms with Gasteiger partial charge in [0.15, 0.2) is 5.96 Å². The summed E-state index contributed by atoms with van der Waals surface area (Å²) in [7, 11) is 1.84. The minimum atomic E-state index is 0. The molecule has 6 heteroatoms. The van der Waals surface area contributed by atoms with Crippen LogP contribution in [0.15, 0.2) is 10.4 Å². The maximum Gasteiger partial charge on any atom is 0.190 e. The van der Waals surface area contributed by atoms with Crippen LogP contribution in [0.3, 0.4) is 0 Å². The molecule has 1 aromatic rings. The molecule has 1 aromatic heterocycles. The molecule has 0 amide bonds. The zero-order valence-electron chi connectivity index (χ0n) is 13.7. The Balaban J connectivity index is 0.00000242. The normalized spacial score (nSPS) is 16.2. The Morgan fingerprint density at radius 3 is 2.64 bits per heavy atom. The van der Waals surface area contributed by atoms with Crippen molar-refractivity contribution in [2.45, 2.75) is 51.9 Å². The van der Waals surface area contributed by atoms with Gasteiger partial charge in [0.2, 0.25) is 0 Å². The fourth-order valence-corrected chi connectivity index (χ4v) is 3.57. The van der Waals surface area contributed by atoms with Crippen LogP contribution in [0.5, 0.6) is 0 Å². The Kier molecular flexibility index (Phi) is 10.0. The molecule has 1 heterocycles. The Morgan fingerprint density at radius 1 is 1.27 bits per heavy atom. The molecular formula is C16H29IN4S. The standard InChI is InChI=1S/C16H28N4S.HI/c1-13-20-15(12-21-13)9-11-19-16(17-2)18-10-8-14-6-4-3-5-7-14;/h12,14H,3-11H2,1-2H3,(H2,17,18,19);1H. The summed E-state index contributed by atoms with van der Waals surface area (Å²) in [6.45, 7) is 3.96. The van der Waals surface area contributed by atoms with E-state index in [1.165, 1.54) is 44.2 Å². The number of aromatic nitrogens is 1. The summed E-state index contributed by atoms with van der Waals surface area (Å²) in [6.07, 6.45) is 9.33. The van der Waals surface area contributed by atoms with E-state index in [2.05, 4.69) is 26.0 Å². The number of guanidine groups is 1. The summed E-state index contributed by atoms with van der Waals surface area (Å²) in [5.41, 5.74) is 1.17. The molecular weight excluding hydrogens is 407 g/mol. The molecule has 1 aliphatic carbocycles. The molecule has 0 radical (unpaired) electrons. The second-order valence-electron chi connectivity index (χ2n) is 5.83. The number of nitrogens with zero attached hydrogens (tertiary/aromatic N) is 2. The molecule has 1 fully saturated rings. The van der Waals surface area contributed by atoms with Gasteiger partial charge in [-0.25, -0.2) is 4.98 Å². The summed E-state index contributed by atoms with van der Waals surface area (Å²) in [5.74, 6) is 1.83. The zero-order valence-corrected chi connectivity index (χ0v) is 16.9. The van der Waals surface area contributed by atoms with Crippen molar-refractivity contribution in [3.8, 4) is 0 Å². The lowest BCUT2D eigenvalue weighted by Gasteiger charge is -2.22. The minimum absolute atomic E-state index is 0. The minimum Gasteiger partial charge on any atom is -0.356 e. The van der Waals surface area contributed by atoms with E-state index in [0.29, 0.717) is 0 Å². The van der Waals surface area contributed by atoms with Crippen molar-refractivity contribution in [1.82, 2.24) is 15.6 Å². The molecule has 2 rings (SSSR count). The largest absolute Gasteiger partial charge is 0.356 e. The predicted octanol–water partition coefficient (Wildman–Crippen LogP) is 3.75. The highest BCUT2D eigenvalue weighted by atomic mass is 127. The first-order valence-corrected chi connectivity index (χ1v) is 9.01. The third-order valence-electron chi connectivity index (χ3n) is 4.13. The van der Waals surface area contributed by atoms with Gasteiger partial charge in [-0.15, -0.1) is 35.3 Å². The van der Waals surface area contributed by atoms with E-state index in [9.17, 15) is 0 Å². The van der Waals surface area contributed by atoms with Crippen molar-refractivity contribution in [3.63, 3.8) is 0 Å². The number of hydrogen-bond acceptors (Lipinski definition) is 3. The van der Waals surface area contributed by atoms with Gasteiger partial charge in [-0.3, -0.25) is 4.99 Å². The van der Waals surface area contributed by atoms with Crippen molar-refractivity contribution in [2.24, 2.45) is 10.9 Å². The van der Waals surface area contributed by atoms with Crippen molar-refractivity contribution >= 4 is 41.3 Å². The highest BCUT2D eigenvalue weighted by molar-refractivity contribution is 14.0. The summed E-state index contributed by atoms with van der Waals surface area (Å²) in [4.78, 5) is 8.76. The summed E-state index contributed by atoms with van der Waals surface area (Å²) in [6, 6.07) is 0. The number of aryl methyl sites for hydroxylation is 1. The molecule has 2 N–H and O–H groups in total. The summed E-state index contributed by atoms with van der Waals surface area (Å²) >= 11 is 1.71. The third kappa shape index (κ3) is 7.26. The molecule has 0 aromatic carbocycles. The van der Waals surface area contributed by atoms with Crippen LogP contribution in [-0.2, 0) is 6.42 Å². The maximum absolute atomic E-state index is 4.47. The van der Waals surface area contributed by atoms with Gasteiger partial charge >= 0.3 is 0 Å². The second-order valence-corrected chi connectivity index (χ2v) is 6.89. The maximum atomic E-state index is 4.47. The highest BCUT2D eigenvalue weighted by Crippen LogP contribution is 2.25. The summed E-state index contributed by atoms with van der Waals surface area (Å²) in [5, 5.41) is 10.1. The van der Waals surface area contributed by atoms with Crippen molar-refractivity contribution in [3.05, 3.63) is 16.1 Å². The van der Waals surface area contributed by atoms with Gasteiger partial charge in [-0.2, -0.15) is 0 Å². The molecule has 0 saturated heterocycles. The number of halogens is 1. The number of thiazole rings is 1. The third-order valence-corrected chi connectivity index (χ3v) is 4.96. The van der Waals surface area contributed by atoms with E-state index < -0.39 is 0 Å². The van der Waals surface area contributed by atoms with Crippen molar-refractivity contribution < 1.29 is 0 Å². The Labute approximate surface area is 155 Å². The molecule has 22 heavy (non-hydrogen) atoms. The number of hydrogen-bond donors (Lipinski definition) is 2. The molecule has 126 valence electrons. The average Bonchev–Trinajstić information content (AvgIpc) is 2.92. The van der Waals surface area contributed by atoms with E-state index in [0.717, 1.165) is 36.4 Å². The SMILES string of the molecule is CN=C(NCCc1csc(C)n1)NCCC1CCCCC1.I. The van der Waals surface area contributed by atoms with Crippen LogP contribution in [0.1, 0.15) is 49.2 Å². The van der Waals surface area contributed by atoms with Crippen molar-refractivity contribution in [2.75, 3.05) is 20.1 Å². The van der Waals surface area contributed by atoms with E-state index in [4.69, 9.17) is 0 Å². The fourth-order valence-electron chi connectivity index (χ4n) is 2.92. The van der Waals surface area contributed by atoms with Crippen LogP contribution in [0.4, 0.5) is 0 Å². The topological polar surface area (TPSA) is 49.3 Å². The van der Waals surface area contributed by atoms with Gasteiger partial charge in [0.25, 0.3) is 0 Å². The van der Waals surface area contributed by atoms with Crippen LogP contribution in [0, 0.1) is 12.8 Å². The van der Waals surface area contributed by atoms with Gasteiger partial charge in [0, 0.05) is 31.9 Å². The smallest absolute Gasteiger partial charge is 0.190 e. The Bertz CT molecular complexity index is 441. The monoisotopic (exact) mass is 436 g/mol. The van der Waals surface area contributed by atoms with E-state index in [1.807, 2.05) is 14.0 Å². The van der Waals surface area contributed by atoms with Gasteiger partial charge in [-0.05, 0) is 19.3 Å². The zero-order chi connectivity index (χ0) is 14.9. The van der Waals surface area contributed by atoms with Crippen molar-refractivity contribution in [1.29, 1.82) is 0 Å². The molecule has 4 nitrogen and oxygen atoms in total. The molecule has 0 aliphatic heterocycles. The first-order chi connectivity index (χ1) is 10.3. The van der Waals surface area contributed by atoms with Crippen LogP contribution >= 0.6 is 35.3 Å². The van der Waals surface area contributed by atoms with Crippen LogP contribution in [0.2, 0.25) is 0 Å². The lowest BCUT2D eigenvalue weighted by atomic mass is 9.87. The van der Waals surface area contributed by atoms with Crippen LogP contribution in [-0.4, -0.2) is 31.1 Å². The quantitative estimate of drug-likeness (QED) is 0.406. The molecule has 0 bridgehead atoms.